The van der Waals surface area contributed by atoms with Gasteiger partial charge < -0.3 is 10.6 Å². The van der Waals surface area contributed by atoms with Crippen molar-refractivity contribution in [3.8, 4) is 0 Å². The molecule has 1 aliphatic rings. The van der Waals surface area contributed by atoms with Gasteiger partial charge in [-0.25, -0.2) is 0 Å². The lowest BCUT2D eigenvalue weighted by molar-refractivity contribution is -0.184. The molecule has 0 saturated carbocycles. The van der Waals surface area contributed by atoms with Crippen LogP contribution in [0.15, 0.2) is 28.7 Å². The maximum atomic E-state index is 13.0. The molecule has 1 fully saturated rings. The predicted octanol–water partition coefficient (Wildman–Crippen LogP) is 2.94. The van der Waals surface area contributed by atoms with Crippen LogP contribution in [0, 0.1) is 0 Å². The summed E-state index contributed by atoms with van der Waals surface area (Å²) in [5, 5.41) is 0. The Kier molecular flexibility index (Phi) is 4.39. The smallest absolute Gasteiger partial charge is 0.326 e. The molecule has 20 heavy (non-hydrogen) atoms. The number of halogens is 4. The average molecular weight is 351 g/mol. The quantitative estimate of drug-likeness (QED) is 0.846. The molecular weight excluding hydrogens is 337 g/mol. The first-order valence-electron chi connectivity index (χ1n) is 6.18. The van der Waals surface area contributed by atoms with E-state index in [4.69, 9.17) is 5.73 Å². The van der Waals surface area contributed by atoms with E-state index in [0.717, 1.165) is 4.90 Å². The number of nitrogens with two attached hydrogens (primary N) is 1. The molecule has 0 radical (unpaired) electrons. The Hall–Kier alpha value is -1.08. The number of piperidine rings is 1. The number of carbonyl (C=O) groups excluding carboxylic acids is 1. The molecule has 0 spiro atoms. The summed E-state index contributed by atoms with van der Waals surface area (Å²) in [4.78, 5) is 13.1. The summed E-state index contributed by atoms with van der Waals surface area (Å²) in [6.07, 6.45) is -4.31. The molecule has 1 amide bonds. The van der Waals surface area contributed by atoms with Crippen LogP contribution in [0.2, 0.25) is 0 Å². The van der Waals surface area contributed by atoms with Gasteiger partial charge >= 0.3 is 6.18 Å². The third-order valence-corrected chi connectivity index (χ3v) is 3.82. The van der Waals surface area contributed by atoms with Crippen molar-refractivity contribution in [1.82, 2.24) is 4.90 Å². The summed E-state index contributed by atoms with van der Waals surface area (Å²) >= 11 is 3.20. The van der Waals surface area contributed by atoms with Crippen molar-refractivity contribution in [1.29, 1.82) is 0 Å². The Balaban J connectivity index is 2.29. The normalized spacial score (nSPS) is 23.8. The molecule has 3 nitrogen and oxygen atoms in total. The maximum absolute atomic E-state index is 13.0. The lowest BCUT2D eigenvalue weighted by Crippen LogP contribution is -2.56. The molecule has 2 rings (SSSR count). The lowest BCUT2D eigenvalue weighted by atomic mass is 9.97. The second-order valence-electron chi connectivity index (χ2n) is 4.86. The number of amides is 1. The third-order valence-electron chi connectivity index (χ3n) is 3.33. The molecule has 1 saturated heterocycles. The van der Waals surface area contributed by atoms with Gasteiger partial charge in [0.25, 0.3) is 5.91 Å². The van der Waals surface area contributed by atoms with Crippen molar-refractivity contribution in [3.63, 3.8) is 0 Å². The van der Waals surface area contributed by atoms with Gasteiger partial charge in [-0.2, -0.15) is 13.2 Å². The molecule has 0 aliphatic carbocycles. The van der Waals surface area contributed by atoms with Crippen LogP contribution in [-0.4, -0.2) is 35.6 Å². The van der Waals surface area contributed by atoms with Crippen molar-refractivity contribution < 1.29 is 18.0 Å². The fourth-order valence-electron chi connectivity index (χ4n) is 2.35. The molecule has 1 heterocycles. The van der Waals surface area contributed by atoms with Gasteiger partial charge in [0.15, 0.2) is 0 Å². The van der Waals surface area contributed by atoms with E-state index in [0.29, 0.717) is 4.47 Å². The minimum Gasteiger partial charge on any atom is -0.326 e. The minimum atomic E-state index is -4.43. The largest absolute Gasteiger partial charge is 0.408 e. The Morgan fingerprint density at radius 1 is 1.35 bits per heavy atom. The summed E-state index contributed by atoms with van der Waals surface area (Å²) in [5.74, 6) is -0.635. The summed E-state index contributed by atoms with van der Waals surface area (Å²) in [5.41, 5.74) is 5.93. The van der Waals surface area contributed by atoms with Crippen LogP contribution in [0.4, 0.5) is 13.2 Å². The van der Waals surface area contributed by atoms with E-state index in [1.165, 1.54) is 12.1 Å². The van der Waals surface area contributed by atoms with Crippen LogP contribution in [0.5, 0.6) is 0 Å². The molecule has 0 unspecified atom stereocenters. The molecule has 2 atom stereocenters. The van der Waals surface area contributed by atoms with Gasteiger partial charge in [-0.15, -0.1) is 0 Å². The Morgan fingerprint density at radius 2 is 2.05 bits per heavy atom. The van der Waals surface area contributed by atoms with Gasteiger partial charge in [-0.1, -0.05) is 22.0 Å². The SMILES string of the molecule is N[C@H]1CC[C@H](C(F)(F)F)N(C(=O)c2cccc(Br)c2)C1. The molecule has 110 valence electrons. The van der Waals surface area contributed by atoms with E-state index in [-0.39, 0.29) is 24.9 Å². The lowest BCUT2D eigenvalue weighted by Gasteiger charge is -2.39. The first-order valence-corrected chi connectivity index (χ1v) is 6.97. The van der Waals surface area contributed by atoms with Crippen molar-refractivity contribution in [3.05, 3.63) is 34.3 Å². The van der Waals surface area contributed by atoms with Crippen molar-refractivity contribution in [2.24, 2.45) is 5.73 Å². The van der Waals surface area contributed by atoms with Gasteiger partial charge in [-0.05, 0) is 31.0 Å². The minimum absolute atomic E-state index is 0.0739. The highest BCUT2D eigenvalue weighted by molar-refractivity contribution is 9.10. The molecular formula is C13H14BrF3N2O. The number of nitrogens with zero attached hydrogens (tertiary/aromatic N) is 1. The van der Waals surface area contributed by atoms with Crippen LogP contribution in [0.1, 0.15) is 23.2 Å². The zero-order valence-electron chi connectivity index (χ0n) is 10.5. The number of rotatable bonds is 1. The van der Waals surface area contributed by atoms with Crippen LogP contribution in [0.25, 0.3) is 0 Å². The van der Waals surface area contributed by atoms with E-state index < -0.39 is 24.2 Å². The van der Waals surface area contributed by atoms with Gasteiger partial charge in [0.05, 0.1) is 0 Å². The van der Waals surface area contributed by atoms with Crippen molar-refractivity contribution in [2.75, 3.05) is 6.54 Å². The molecule has 1 aromatic carbocycles. The zero-order chi connectivity index (χ0) is 14.9. The Labute approximate surface area is 123 Å². The van der Waals surface area contributed by atoms with Crippen molar-refractivity contribution >= 4 is 21.8 Å². The fourth-order valence-corrected chi connectivity index (χ4v) is 2.75. The van der Waals surface area contributed by atoms with E-state index in [1.54, 1.807) is 12.1 Å². The number of likely N-dealkylation sites (tertiary alicyclic amines) is 1. The standard InChI is InChI=1S/C13H14BrF3N2O/c14-9-3-1-2-8(6-9)12(20)19-7-10(18)4-5-11(19)13(15,16)17/h1-3,6,10-11H,4-5,7,18H2/t10-,11+/m0/s1. The zero-order valence-corrected chi connectivity index (χ0v) is 12.1. The first kappa shape index (κ1) is 15.3. The number of hydrogen-bond acceptors (Lipinski definition) is 2. The summed E-state index contributed by atoms with van der Waals surface area (Å²) < 4.78 is 39.7. The number of carbonyl (C=O) groups is 1. The van der Waals surface area contributed by atoms with Crippen LogP contribution in [-0.2, 0) is 0 Å². The topological polar surface area (TPSA) is 46.3 Å². The van der Waals surface area contributed by atoms with Crippen molar-refractivity contribution in [2.45, 2.75) is 31.1 Å². The monoisotopic (exact) mass is 350 g/mol. The fraction of sp³-hybridized carbons (Fsp3) is 0.462. The first-order chi connectivity index (χ1) is 9.29. The van der Waals surface area contributed by atoms with Gasteiger partial charge in [-0.3, -0.25) is 4.79 Å². The van der Waals surface area contributed by atoms with E-state index in [2.05, 4.69) is 15.9 Å². The third kappa shape index (κ3) is 3.32. The highest BCUT2D eigenvalue weighted by atomic mass is 79.9. The second kappa shape index (κ2) is 5.73. The molecule has 2 N–H and O–H groups in total. The summed E-state index contributed by atoms with van der Waals surface area (Å²) in [6, 6.07) is 4.17. The van der Waals surface area contributed by atoms with Crippen LogP contribution >= 0.6 is 15.9 Å². The molecule has 0 bridgehead atoms. The molecule has 7 heteroatoms. The number of alkyl halides is 3. The van der Waals surface area contributed by atoms with E-state index >= 15 is 0 Å². The average Bonchev–Trinajstić information content (AvgIpc) is 2.36. The molecule has 0 aromatic heterocycles. The Morgan fingerprint density at radius 3 is 2.65 bits per heavy atom. The highest BCUT2D eigenvalue weighted by Gasteiger charge is 2.47. The van der Waals surface area contributed by atoms with Gasteiger partial charge in [0.2, 0.25) is 0 Å². The summed E-state index contributed by atoms with van der Waals surface area (Å²) in [7, 11) is 0. The summed E-state index contributed by atoms with van der Waals surface area (Å²) in [6.45, 7) is -0.0739. The number of benzene rings is 1. The predicted molar refractivity (Wildman–Crippen MR) is 72.2 cm³/mol. The van der Waals surface area contributed by atoms with E-state index in [9.17, 15) is 18.0 Å². The molecule has 1 aliphatic heterocycles. The number of hydrogen-bond donors (Lipinski definition) is 1. The van der Waals surface area contributed by atoms with Crippen LogP contribution in [0.3, 0.4) is 0 Å². The Bertz CT molecular complexity index is 507. The van der Waals surface area contributed by atoms with Gasteiger partial charge in [0, 0.05) is 22.6 Å². The molecule has 1 aromatic rings. The van der Waals surface area contributed by atoms with Crippen LogP contribution < -0.4 is 5.73 Å². The second-order valence-corrected chi connectivity index (χ2v) is 5.78. The maximum Gasteiger partial charge on any atom is 0.408 e. The highest BCUT2D eigenvalue weighted by Crippen LogP contribution is 2.32. The van der Waals surface area contributed by atoms with E-state index in [1.807, 2.05) is 0 Å². The van der Waals surface area contributed by atoms with Gasteiger partial charge in [0.1, 0.15) is 6.04 Å².